The van der Waals surface area contributed by atoms with E-state index in [9.17, 15) is 4.79 Å². The molecule has 1 saturated heterocycles. The monoisotopic (exact) mass is 254 g/mol. The highest BCUT2D eigenvalue weighted by Gasteiger charge is 2.31. The molecule has 1 fully saturated rings. The van der Waals surface area contributed by atoms with Crippen molar-refractivity contribution in [3.05, 3.63) is 66.0 Å². The van der Waals surface area contributed by atoms with Crippen LogP contribution in [0.2, 0.25) is 0 Å². The number of carbonyl (C=O) groups is 1. The smallest absolute Gasteiger partial charge is 0.257 e. The molecule has 0 spiro atoms. The highest BCUT2D eigenvalue weighted by Crippen LogP contribution is 2.27. The van der Waals surface area contributed by atoms with Crippen LogP contribution >= 0.6 is 0 Å². The molecule has 0 bridgehead atoms. The van der Waals surface area contributed by atoms with E-state index in [2.05, 4.69) is 4.98 Å². The third-order valence-electron chi connectivity index (χ3n) is 3.15. The molecule has 0 aliphatic carbocycles. The Labute approximate surface area is 111 Å². The Hall–Kier alpha value is -2.20. The molecule has 1 unspecified atom stereocenters. The van der Waals surface area contributed by atoms with Crippen LogP contribution in [0.15, 0.2) is 54.9 Å². The van der Waals surface area contributed by atoms with Gasteiger partial charge in [-0.05, 0) is 12.1 Å². The van der Waals surface area contributed by atoms with E-state index in [-0.39, 0.29) is 12.1 Å². The predicted molar refractivity (Wildman–Crippen MR) is 70.4 cm³/mol. The molecule has 1 aromatic carbocycles. The van der Waals surface area contributed by atoms with E-state index < -0.39 is 0 Å². The fraction of sp³-hybridized carbons (Fsp3) is 0.200. The summed E-state index contributed by atoms with van der Waals surface area (Å²) < 4.78 is 5.68. The summed E-state index contributed by atoms with van der Waals surface area (Å²) in [4.78, 5) is 18.2. The number of nitrogens with zero attached hydrogens (tertiary/aromatic N) is 2. The van der Waals surface area contributed by atoms with Crippen LogP contribution in [-0.2, 0) is 4.74 Å². The van der Waals surface area contributed by atoms with Gasteiger partial charge >= 0.3 is 0 Å². The summed E-state index contributed by atoms with van der Waals surface area (Å²) in [6.45, 7) is 1.17. The molecule has 19 heavy (non-hydrogen) atoms. The summed E-state index contributed by atoms with van der Waals surface area (Å²) in [6, 6.07) is 13.3. The summed E-state index contributed by atoms with van der Waals surface area (Å²) in [5, 5.41) is 0. The third-order valence-corrected chi connectivity index (χ3v) is 3.15. The van der Waals surface area contributed by atoms with E-state index in [1.165, 1.54) is 0 Å². The van der Waals surface area contributed by atoms with Gasteiger partial charge in [0.05, 0.1) is 12.2 Å². The zero-order chi connectivity index (χ0) is 13.1. The number of ether oxygens (including phenoxy) is 1. The number of rotatable bonds is 2. The second kappa shape index (κ2) is 5.20. The highest BCUT2D eigenvalue weighted by molar-refractivity contribution is 5.94. The van der Waals surface area contributed by atoms with Crippen LogP contribution in [0.5, 0.6) is 0 Å². The van der Waals surface area contributed by atoms with Crippen molar-refractivity contribution in [1.29, 1.82) is 0 Å². The van der Waals surface area contributed by atoms with Crippen LogP contribution in [0, 0.1) is 0 Å². The molecule has 4 heteroatoms. The molecule has 3 rings (SSSR count). The Kier molecular flexibility index (Phi) is 3.25. The molecule has 96 valence electrons. The number of aromatic nitrogens is 1. The predicted octanol–water partition coefficient (Wildman–Crippen LogP) is 2.25. The molecule has 1 atom stereocenters. The molecule has 4 nitrogen and oxygen atoms in total. The molecule has 2 aromatic rings. The third kappa shape index (κ3) is 2.35. The van der Waals surface area contributed by atoms with Crippen molar-refractivity contribution in [1.82, 2.24) is 9.88 Å². The summed E-state index contributed by atoms with van der Waals surface area (Å²) in [6.07, 6.45) is 2.95. The first-order valence-corrected chi connectivity index (χ1v) is 6.24. The molecule has 1 aromatic heterocycles. The second-order valence-electron chi connectivity index (χ2n) is 4.37. The minimum Gasteiger partial charge on any atom is -0.352 e. The van der Waals surface area contributed by atoms with Gasteiger partial charge in [0.25, 0.3) is 5.91 Å². The van der Waals surface area contributed by atoms with Gasteiger partial charge in [0.1, 0.15) is 0 Å². The number of carbonyl (C=O) groups excluding carboxylic acids is 1. The molecule has 1 amide bonds. The molecule has 2 heterocycles. The molecule has 0 saturated carbocycles. The zero-order valence-corrected chi connectivity index (χ0v) is 10.4. The first-order valence-electron chi connectivity index (χ1n) is 6.24. The van der Waals surface area contributed by atoms with Gasteiger partial charge in [0.15, 0.2) is 6.23 Å². The van der Waals surface area contributed by atoms with Gasteiger partial charge < -0.3 is 9.64 Å². The summed E-state index contributed by atoms with van der Waals surface area (Å²) in [7, 11) is 0. The fourth-order valence-corrected chi connectivity index (χ4v) is 2.23. The first-order chi connectivity index (χ1) is 9.36. The topological polar surface area (TPSA) is 42.4 Å². The standard InChI is InChI=1S/C15H14N2O2/c18-14(13-7-4-8-16-11-13)17-9-10-19-15(17)12-5-2-1-3-6-12/h1-8,11,15H,9-10H2. The largest absolute Gasteiger partial charge is 0.352 e. The number of pyridine rings is 1. The summed E-state index contributed by atoms with van der Waals surface area (Å²) in [5.41, 5.74) is 1.59. The van der Waals surface area contributed by atoms with Gasteiger partial charge in [-0.3, -0.25) is 9.78 Å². The van der Waals surface area contributed by atoms with Gasteiger partial charge in [-0.2, -0.15) is 0 Å². The number of hydrogen-bond acceptors (Lipinski definition) is 3. The van der Waals surface area contributed by atoms with E-state index in [4.69, 9.17) is 4.74 Å². The van der Waals surface area contributed by atoms with E-state index >= 15 is 0 Å². The van der Waals surface area contributed by atoms with Crippen LogP contribution in [-0.4, -0.2) is 28.9 Å². The molecule has 0 N–H and O–H groups in total. The van der Waals surface area contributed by atoms with Gasteiger partial charge in [-0.1, -0.05) is 30.3 Å². The highest BCUT2D eigenvalue weighted by atomic mass is 16.5. The molecule has 0 radical (unpaired) electrons. The maximum atomic E-state index is 12.4. The average Bonchev–Trinajstić information content (AvgIpc) is 2.98. The van der Waals surface area contributed by atoms with Crippen molar-refractivity contribution in [2.45, 2.75) is 6.23 Å². The number of hydrogen-bond donors (Lipinski definition) is 0. The van der Waals surface area contributed by atoms with Gasteiger partial charge in [-0.15, -0.1) is 0 Å². The van der Waals surface area contributed by atoms with Crippen molar-refractivity contribution in [3.8, 4) is 0 Å². The Balaban J connectivity index is 1.86. The fourth-order valence-electron chi connectivity index (χ4n) is 2.23. The molecular formula is C15H14N2O2. The van der Waals surface area contributed by atoms with Crippen LogP contribution < -0.4 is 0 Å². The lowest BCUT2D eigenvalue weighted by Gasteiger charge is -2.23. The summed E-state index contributed by atoms with van der Waals surface area (Å²) in [5.74, 6) is -0.0422. The maximum absolute atomic E-state index is 12.4. The Morgan fingerprint density at radius 3 is 2.79 bits per heavy atom. The van der Waals surface area contributed by atoms with E-state index in [1.54, 1.807) is 29.4 Å². The van der Waals surface area contributed by atoms with Crippen molar-refractivity contribution in [2.24, 2.45) is 0 Å². The van der Waals surface area contributed by atoms with Gasteiger partial charge in [0.2, 0.25) is 0 Å². The normalized spacial score (nSPS) is 18.5. The number of amides is 1. The first kappa shape index (κ1) is 11.9. The quantitative estimate of drug-likeness (QED) is 0.825. The SMILES string of the molecule is O=C(c1cccnc1)N1CCOC1c1ccccc1. The van der Waals surface area contributed by atoms with Crippen LogP contribution in [0.3, 0.4) is 0 Å². The molecule has 1 aliphatic heterocycles. The minimum atomic E-state index is -0.297. The van der Waals surface area contributed by atoms with Gasteiger partial charge in [0, 0.05) is 24.5 Å². The Morgan fingerprint density at radius 2 is 2.05 bits per heavy atom. The van der Waals surface area contributed by atoms with Crippen LogP contribution in [0.1, 0.15) is 22.1 Å². The lowest BCUT2D eigenvalue weighted by molar-refractivity contribution is 0.0272. The van der Waals surface area contributed by atoms with Crippen molar-refractivity contribution >= 4 is 5.91 Å². The summed E-state index contributed by atoms with van der Waals surface area (Å²) >= 11 is 0. The van der Waals surface area contributed by atoms with Crippen molar-refractivity contribution in [2.75, 3.05) is 13.2 Å². The van der Waals surface area contributed by atoms with Crippen LogP contribution in [0.25, 0.3) is 0 Å². The van der Waals surface area contributed by atoms with Crippen LogP contribution in [0.4, 0.5) is 0 Å². The lowest BCUT2D eigenvalue weighted by atomic mass is 10.1. The maximum Gasteiger partial charge on any atom is 0.257 e. The molecular weight excluding hydrogens is 240 g/mol. The molecule has 1 aliphatic rings. The van der Waals surface area contributed by atoms with Gasteiger partial charge in [-0.25, -0.2) is 0 Å². The lowest BCUT2D eigenvalue weighted by Crippen LogP contribution is -2.31. The van der Waals surface area contributed by atoms with E-state index in [1.807, 2.05) is 30.3 Å². The zero-order valence-electron chi connectivity index (χ0n) is 10.4. The number of benzene rings is 1. The van der Waals surface area contributed by atoms with Crippen molar-refractivity contribution < 1.29 is 9.53 Å². The van der Waals surface area contributed by atoms with E-state index in [0.29, 0.717) is 18.7 Å². The second-order valence-corrected chi connectivity index (χ2v) is 4.37. The Morgan fingerprint density at radius 1 is 1.21 bits per heavy atom. The van der Waals surface area contributed by atoms with Crippen molar-refractivity contribution in [3.63, 3.8) is 0 Å². The average molecular weight is 254 g/mol. The minimum absolute atomic E-state index is 0.0422. The van der Waals surface area contributed by atoms with E-state index in [0.717, 1.165) is 5.56 Å². The Bertz CT molecular complexity index is 557.